The minimum atomic E-state index is -1.10. The predicted molar refractivity (Wildman–Crippen MR) is 193 cm³/mol. The maximum absolute atomic E-state index is 12.2. The van der Waals surface area contributed by atoms with Gasteiger partial charge in [0.1, 0.15) is 18.5 Å². The average Bonchev–Trinajstić information content (AvgIpc) is 3.74. The van der Waals surface area contributed by atoms with Gasteiger partial charge in [-0.15, -0.1) is 0 Å². The number of halogens is 4. The first-order valence-corrected chi connectivity index (χ1v) is 17.8. The molecule has 6 rings (SSSR count). The van der Waals surface area contributed by atoms with Gasteiger partial charge in [0.05, 0.1) is 35.2 Å². The van der Waals surface area contributed by atoms with E-state index in [0.717, 1.165) is 49.9 Å². The first kappa shape index (κ1) is 35.0. The predicted octanol–water partition coefficient (Wildman–Crippen LogP) is 7.44. The van der Waals surface area contributed by atoms with Crippen LogP contribution in [0.4, 0.5) is 16.2 Å². The Morgan fingerprint density at radius 2 is 1.73 bits per heavy atom. The normalized spacial score (nSPS) is 19.8. The second-order valence-corrected chi connectivity index (χ2v) is 13.9. The van der Waals surface area contributed by atoms with Crippen molar-refractivity contribution in [3.8, 4) is 5.75 Å². The third-order valence-corrected chi connectivity index (χ3v) is 9.83. The number of ether oxygens (including phenoxy) is 3. The van der Waals surface area contributed by atoms with E-state index < -0.39 is 5.79 Å². The van der Waals surface area contributed by atoms with Crippen molar-refractivity contribution in [3.63, 3.8) is 0 Å². The number of anilines is 2. The summed E-state index contributed by atoms with van der Waals surface area (Å²) in [6.07, 6.45) is 4.97. The van der Waals surface area contributed by atoms with Gasteiger partial charge < -0.3 is 29.0 Å². The maximum atomic E-state index is 12.2. The van der Waals surface area contributed by atoms with Gasteiger partial charge in [0.15, 0.2) is 0 Å². The molecule has 2 saturated heterocycles. The zero-order chi connectivity index (χ0) is 33.5. The van der Waals surface area contributed by atoms with E-state index in [9.17, 15) is 4.79 Å². The monoisotopic (exact) mass is 750 g/mol. The van der Waals surface area contributed by atoms with Crippen molar-refractivity contribution in [3.05, 3.63) is 105 Å². The lowest BCUT2D eigenvalue weighted by molar-refractivity contribution is -0.189. The van der Waals surface area contributed by atoms with Crippen LogP contribution in [0, 0.1) is 0 Å². The van der Waals surface area contributed by atoms with Crippen LogP contribution in [0.5, 0.6) is 5.75 Å². The number of piperazine rings is 1. The zero-order valence-electron chi connectivity index (χ0n) is 25.8. The molecule has 2 fully saturated rings. The molecule has 0 radical (unpaired) electrons. The Morgan fingerprint density at radius 3 is 2.44 bits per heavy atom. The number of hydrogen-bond donors (Lipinski definition) is 2. The number of amides is 2. The van der Waals surface area contributed by atoms with Gasteiger partial charge in [-0.05, 0) is 66.5 Å². The Morgan fingerprint density at radius 1 is 0.979 bits per heavy atom. The molecule has 48 heavy (non-hydrogen) atoms. The van der Waals surface area contributed by atoms with Crippen molar-refractivity contribution < 1.29 is 19.0 Å². The van der Waals surface area contributed by atoms with Crippen LogP contribution in [-0.4, -0.2) is 78.3 Å². The van der Waals surface area contributed by atoms with Crippen LogP contribution in [0.3, 0.4) is 0 Å². The smallest absolute Gasteiger partial charge is 0.329 e. The molecule has 2 amide bonds. The van der Waals surface area contributed by atoms with Gasteiger partial charge in [0.25, 0.3) is 0 Å². The Kier molecular flexibility index (Phi) is 11.8. The lowest BCUT2D eigenvalue weighted by Crippen LogP contribution is -2.47. The van der Waals surface area contributed by atoms with Crippen LogP contribution >= 0.6 is 58.4 Å². The molecule has 2 atom stereocenters. The number of hydrogen-bond acceptors (Lipinski definition) is 8. The Hall–Kier alpha value is -2.87. The quantitative estimate of drug-likeness (QED) is 0.114. The van der Waals surface area contributed by atoms with Crippen molar-refractivity contribution in [2.24, 2.45) is 0 Å². The molecule has 3 heterocycles. The van der Waals surface area contributed by atoms with Crippen molar-refractivity contribution in [1.82, 2.24) is 19.2 Å². The highest BCUT2D eigenvalue weighted by Crippen LogP contribution is 2.40. The third kappa shape index (κ3) is 9.02. The number of urea groups is 1. The van der Waals surface area contributed by atoms with E-state index in [1.807, 2.05) is 29.0 Å². The molecule has 2 N–H and O–H groups in total. The Labute approximate surface area is 303 Å². The lowest BCUT2D eigenvalue weighted by Gasteiger charge is -2.36. The molecule has 10 nitrogen and oxygen atoms in total. The van der Waals surface area contributed by atoms with Gasteiger partial charge in [-0.25, -0.2) is 9.78 Å². The number of nitrogens with zero attached hydrogens (tertiary/aromatic N) is 4. The first-order valence-electron chi connectivity index (χ1n) is 15.3. The largest absolute Gasteiger partial charge is 0.491 e. The van der Waals surface area contributed by atoms with Crippen molar-refractivity contribution >= 4 is 75.8 Å². The highest BCUT2D eigenvalue weighted by molar-refractivity contribution is 7.97. The molecule has 2 aliphatic rings. The molecule has 0 saturated carbocycles. The molecular formula is C33H34Cl4N6O4S. The molecule has 2 unspecified atom stereocenters. The minimum Gasteiger partial charge on any atom is -0.491 e. The number of benzene rings is 3. The molecule has 1 aromatic heterocycles. The fourth-order valence-corrected chi connectivity index (χ4v) is 7.22. The van der Waals surface area contributed by atoms with E-state index in [2.05, 4.69) is 37.0 Å². The lowest BCUT2D eigenvalue weighted by atomic mass is 10.1. The van der Waals surface area contributed by atoms with E-state index in [0.29, 0.717) is 51.1 Å². The van der Waals surface area contributed by atoms with Gasteiger partial charge in [-0.2, -0.15) is 0 Å². The minimum absolute atomic E-state index is 0.308. The van der Waals surface area contributed by atoms with Crippen LogP contribution in [0.2, 0.25) is 20.1 Å². The fourth-order valence-electron chi connectivity index (χ4n) is 5.58. The summed E-state index contributed by atoms with van der Waals surface area (Å²) in [6, 6.07) is 18.0. The van der Waals surface area contributed by atoms with Crippen molar-refractivity contribution in [2.45, 2.75) is 18.4 Å². The van der Waals surface area contributed by atoms with Crippen LogP contribution in [0.25, 0.3) is 0 Å². The summed E-state index contributed by atoms with van der Waals surface area (Å²) in [6.45, 7) is 5.59. The maximum Gasteiger partial charge on any atom is 0.329 e. The van der Waals surface area contributed by atoms with Gasteiger partial charge in [-0.3, -0.25) is 9.62 Å². The molecule has 2 aliphatic heterocycles. The summed E-state index contributed by atoms with van der Waals surface area (Å²) in [5.41, 5.74) is 2.36. The molecule has 4 aromatic rings. The number of aromatic nitrogens is 2. The highest BCUT2D eigenvalue weighted by atomic mass is 35.5. The number of carbonyl (C=O) groups is 1. The van der Waals surface area contributed by atoms with Crippen LogP contribution in [0.15, 0.2) is 79.4 Å². The standard InChI is InChI=1S/C33H34Cl4N6O4S/c34-23-1-7-28(29(36)17-23)33(21-42-10-9-38-22-42)46-20-27(47-33)19-45-26-5-3-25(4-6-26)43-13-11-41(12-14-43)15-16-48-40-32(44)39-31-8-2-24(35)18-30(31)37/h1-10,17-18,22,27H,11-16,19-21H2,(H2,39,40,44). The topological polar surface area (TPSA) is 93.1 Å². The Bertz CT molecular complexity index is 1680. The van der Waals surface area contributed by atoms with E-state index >= 15 is 0 Å². The molecule has 15 heteroatoms. The van der Waals surface area contributed by atoms with Gasteiger partial charge in [-0.1, -0.05) is 52.5 Å². The van der Waals surface area contributed by atoms with E-state index in [4.69, 9.17) is 60.6 Å². The fraction of sp³-hybridized carbons (Fsp3) is 0.333. The van der Waals surface area contributed by atoms with Crippen LogP contribution in [-0.2, 0) is 21.8 Å². The molecular weight excluding hydrogens is 718 g/mol. The van der Waals surface area contributed by atoms with Crippen molar-refractivity contribution in [2.75, 3.05) is 61.9 Å². The molecule has 254 valence electrons. The van der Waals surface area contributed by atoms with E-state index in [1.54, 1.807) is 42.9 Å². The van der Waals surface area contributed by atoms with Crippen molar-refractivity contribution in [1.29, 1.82) is 0 Å². The zero-order valence-corrected chi connectivity index (χ0v) is 29.6. The second kappa shape index (κ2) is 16.2. The second-order valence-electron chi connectivity index (χ2n) is 11.3. The van der Waals surface area contributed by atoms with Crippen LogP contribution in [0.1, 0.15) is 5.56 Å². The first-order chi connectivity index (χ1) is 23.3. The summed E-state index contributed by atoms with van der Waals surface area (Å²) in [4.78, 5) is 21.1. The summed E-state index contributed by atoms with van der Waals surface area (Å²) >= 11 is 26.1. The Balaban J connectivity index is 0.925. The van der Waals surface area contributed by atoms with Gasteiger partial charge in [0.2, 0.25) is 5.79 Å². The summed E-state index contributed by atoms with van der Waals surface area (Å²) < 4.78 is 23.6. The average molecular weight is 753 g/mol. The summed E-state index contributed by atoms with van der Waals surface area (Å²) in [5, 5.41) is 4.65. The van der Waals surface area contributed by atoms with E-state index in [-0.39, 0.29) is 12.1 Å². The summed E-state index contributed by atoms with van der Waals surface area (Å²) in [5.74, 6) is 0.421. The summed E-state index contributed by atoms with van der Waals surface area (Å²) in [7, 11) is 0. The molecule has 3 aromatic carbocycles. The molecule has 0 spiro atoms. The van der Waals surface area contributed by atoms with Gasteiger partial charge >= 0.3 is 6.03 Å². The SMILES string of the molecule is O=C(NSCCN1CCN(c2ccc(OCC3COC(Cn4ccnc4)(c4ccc(Cl)cc4Cl)O3)cc2)CC1)Nc1ccc(Cl)cc1Cl. The highest BCUT2D eigenvalue weighted by Gasteiger charge is 2.45. The number of carbonyl (C=O) groups excluding carboxylic acids is 1. The number of imidazole rings is 1. The molecule has 0 bridgehead atoms. The number of rotatable bonds is 12. The molecule has 0 aliphatic carbocycles. The van der Waals surface area contributed by atoms with Crippen LogP contribution < -0.4 is 19.7 Å². The number of nitrogens with one attached hydrogen (secondary N) is 2. The van der Waals surface area contributed by atoms with Gasteiger partial charge in [0, 0.05) is 72.2 Å². The third-order valence-electron chi connectivity index (χ3n) is 8.01. The van der Waals surface area contributed by atoms with E-state index in [1.165, 1.54) is 11.9 Å².